The highest BCUT2D eigenvalue weighted by Crippen LogP contribution is 2.42. The summed E-state index contributed by atoms with van der Waals surface area (Å²) in [7, 11) is 0. The molecule has 46 heavy (non-hydrogen) atoms. The number of allylic oxidation sites excluding steroid dienone is 1. The van der Waals surface area contributed by atoms with Crippen molar-refractivity contribution in [2.24, 2.45) is 16.8 Å². The van der Waals surface area contributed by atoms with Gasteiger partial charge < -0.3 is 24.8 Å². The van der Waals surface area contributed by atoms with Crippen molar-refractivity contribution in [2.45, 2.75) is 67.9 Å². The number of thioether (sulfide) groups is 1. The molecule has 1 amide bonds. The molecule has 4 saturated heterocycles. The van der Waals surface area contributed by atoms with Gasteiger partial charge in [-0.3, -0.25) is 9.79 Å². The zero-order valence-corrected chi connectivity index (χ0v) is 27.1. The fourth-order valence-electron chi connectivity index (χ4n) is 7.50. The molecule has 0 spiro atoms. The number of amides is 1. The lowest BCUT2D eigenvalue weighted by molar-refractivity contribution is -0.139. The average Bonchev–Trinajstić information content (AvgIpc) is 3.71. The van der Waals surface area contributed by atoms with E-state index in [1.807, 2.05) is 16.0 Å². The molecule has 1 aromatic rings. The molecule has 2 N–H and O–H groups in total. The number of aliphatic hydroxyl groups excluding tert-OH is 1. The van der Waals surface area contributed by atoms with E-state index in [0.29, 0.717) is 57.9 Å². The highest BCUT2D eigenvalue weighted by Gasteiger charge is 2.41. The standard InChI is InChI=1S/C33H46F4N6O2S/c34-25-8-15-40(16-9-25)17-18-46-30-19-24(3-4-28(30)33(35,36)37)31-27-20-38-10-5-29(27)43(39-31)22-26(44)21-41-13-6-23(7-14-41)32(45)42-11-1-2-12-42/h3-5,10,19,23,25-27,31,39,44H,1-2,6-9,11-18,20-22H2/t26-,27?,31?/m0/s1. The van der Waals surface area contributed by atoms with Crippen molar-refractivity contribution in [3.8, 4) is 0 Å². The molecule has 0 bridgehead atoms. The Morgan fingerprint density at radius 2 is 1.74 bits per heavy atom. The number of benzene rings is 1. The SMILES string of the molecule is O=C(C1CCN(C[C@H](O)CN2NC(c3ccc(C(F)(F)F)c(SCCN4CCC(F)CC4)c3)C3CN=CC=C32)CC1)N1CCCC1. The van der Waals surface area contributed by atoms with E-state index in [4.69, 9.17) is 0 Å². The van der Waals surface area contributed by atoms with E-state index in [1.54, 1.807) is 18.3 Å². The summed E-state index contributed by atoms with van der Waals surface area (Å²) in [5.41, 5.74) is 4.57. The van der Waals surface area contributed by atoms with Gasteiger partial charge in [0.05, 0.1) is 24.3 Å². The van der Waals surface area contributed by atoms with Crippen LogP contribution in [-0.4, -0.2) is 120 Å². The first kappa shape index (κ1) is 33.7. The van der Waals surface area contributed by atoms with E-state index in [9.17, 15) is 27.5 Å². The summed E-state index contributed by atoms with van der Waals surface area (Å²) in [5.74, 6) is 0.773. The summed E-state index contributed by atoms with van der Waals surface area (Å²) in [6.07, 6.45) is 2.51. The van der Waals surface area contributed by atoms with Crippen molar-refractivity contribution in [1.29, 1.82) is 0 Å². The van der Waals surface area contributed by atoms with E-state index < -0.39 is 24.0 Å². The lowest BCUT2D eigenvalue weighted by Crippen LogP contribution is -2.46. The lowest BCUT2D eigenvalue weighted by atomic mass is 9.90. The van der Waals surface area contributed by atoms with Crippen molar-refractivity contribution < 1.29 is 27.5 Å². The molecule has 6 rings (SSSR count). The number of aliphatic imine (C=N–C) groups is 1. The zero-order valence-electron chi connectivity index (χ0n) is 26.3. The molecule has 0 saturated carbocycles. The predicted molar refractivity (Wildman–Crippen MR) is 171 cm³/mol. The number of nitrogens with one attached hydrogen (secondary N) is 1. The van der Waals surface area contributed by atoms with Gasteiger partial charge in [-0.2, -0.15) is 13.2 Å². The van der Waals surface area contributed by atoms with Gasteiger partial charge in [0, 0.05) is 80.2 Å². The fourth-order valence-corrected chi connectivity index (χ4v) is 8.63. The highest BCUT2D eigenvalue weighted by molar-refractivity contribution is 7.99. The van der Waals surface area contributed by atoms with Crippen molar-refractivity contribution in [3.05, 3.63) is 41.1 Å². The predicted octanol–water partition coefficient (Wildman–Crippen LogP) is 4.37. The molecule has 13 heteroatoms. The molecule has 1 aromatic carbocycles. The fraction of sp³-hybridized carbons (Fsp3) is 0.697. The Labute approximate surface area is 273 Å². The van der Waals surface area contributed by atoms with E-state index in [-0.39, 0.29) is 28.7 Å². The van der Waals surface area contributed by atoms with Crippen LogP contribution < -0.4 is 5.43 Å². The number of likely N-dealkylation sites (tertiary alicyclic amines) is 3. The topological polar surface area (TPSA) is 74.7 Å². The molecular formula is C33H46F4N6O2S. The maximum absolute atomic E-state index is 14.0. The second-order valence-corrected chi connectivity index (χ2v) is 14.4. The van der Waals surface area contributed by atoms with E-state index in [1.165, 1.54) is 17.8 Å². The third-order valence-corrected chi connectivity index (χ3v) is 11.1. The molecule has 5 heterocycles. The quantitative estimate of drug-likeness (QED) is 0.284. The Morgan fingerprint density at radius 3 is 2.46 bits per heavy atom. The van der Waals surface area contributed by atoms with Gasteiger partial charge in [0.25, 0.3) is 0 Å². The number of hydrogen-bond donors (Lipinski definition) is 2. The number of hydrazine groups is 1. The summed E-state index contributed by atoms with van der Waals surface area (Å²) >= 11 is 1.20. The van der Waals surface area contributed by atoms with Gasteiger partial charge in [0.1, 0.15) is 6.17 Å². The molecule has 0 aliphatic carbocycles. The maximum Gasteiger partial charge on any atom is 0.417 e. The number of halogens is 4. The maximum atomic E-state index is 14.0. The summed E-state index contributed by atoms with van der Waals surface area (Å²) < 4.78 is 55.6. The zero-order chi connectivity index (χ0) is 32.3. The Bertz CT molecular complexity index is 1260. The van der Waals surface area contributed by atoms with Gasteiger partial charge in [-0.05, 0) is 75.4 Å². The van der Waals surface area contributed by atoms with Crippen molar-refractivity contribution in [2.75, 3.05) is 71.2 Å². The van der Waals surface area contributed by atoms with E-state index in [0.717, 1.165) is 63.1 Å². The Hall–Kier alpha value is -2.19. The van der Waals surface area contributed by atoms with E-state index >= 15 is 0 Å². The lowest BCUT2D eigenvalue weighted by Gasteiger charge is -2.35. The second-order valence-electron chi connectivity index (χ2n) is 13.3. The average molecular weight is 667 g/mol. The highest BCUT2D eigenvalue weighted by atomic mass is 32.2. The first-order valence-corrected chi connectivity index (χ1v) is 17.8. The number of β-amino-alcohol motifs (C(OH)–C–C–N with tert-alkyl or cyclic N) is 1. The van der Waals surface area contributed by atoms with Crippen LogP contribution in [0, 0.1) is 11.8 Å². The number of nitrogens with zero attached hydrogens (tertiary/aromatic N) is 5. The van der Waals surface area contributed by atoms with Crippen LogP contribution in [-0.2, 0) is 11.0 Å². The van der Waals surface area contributed by atoms with Crippen LogP contribution in [0.25, 0.3) is 0 Å². The van der Waals surface area contributed by atoms with Gasteiger partial charge in [0.2, 0.25) is 5.91 Å². The van der Waals surface area contributed by atoms with Crippen LogP contribution in [0.1, 0.15) is 55.7 Å². The summed E-state index contributed by atoms with van der Waals surface area (Å²) in [4.78, 5) is 23.8. The van der Waals surface area contributed by atoms with Gasteiger partial charge in [0.15, 0.2) is 0 Å². The number of dihydropyridines is 1. The minimum atomic E-state index is -4.47. The molecular weight excluding hydrogens is 620 g/mol. The third-order valence-electron chi connectivity index (χ3n) is 10.1. The van der Waals surface area contributed by atoms with Crippen LogP contribution in [0.2, 0.25) is 0 Å². The second kappa shape index (κ2) is 14.9. The summed E-state index contributed by atoms with van der Waals surface area (Å²) in [6, 6.07) is 4.11. The summed E-state index contributed by atoms with van der Waals surface area (Å²) in [6.45, 7) is 6.50. The van der Waals surface area contributed by atoms with Crippen LogP contribution in [0.3, 0.4) is 0 Å². The Balaban J connectivity index is 1.07. The smallest absolute Gasteiger partial charge is 0.390 e. The largest absolute Gasteiger partial charge is 0.417 e. The number of fused-ring (bicyclic) bond motifs is 1. The number of aliphatic hydroxyl groups is 1. The molecule has 0 radical (unpaired) electrons. The molecule has 254 valence electrons. The summed E-state index contributed by atoms with van der Waals surface area (Å²) in [5, 5.41) is 13.1. The number of rotatable bonds is 10. The number of carbonyl (C=O) groups is 1. The molecule has 5 aliphatic heterocycles. The first-order valence-electron chi connectivity index (χ1n) is 16.8. The first-order chi connectivity index (χ1) is 22.2. The van der Waals surface area contributed by atoms with Crippen molar-refractivity contribution in [3.63, 3.8) is 0 Å². The Morgan fingerprint density at radius 1 is 1.02 bits per heavy atom. The number of alkyl halides is 4. The van der Waals surface area contributed by atoms with Gasteiger partial charge in [-0.15, -0.1) is 11.8 Å². The van der Waals surface area contributed by atoms with Gasteiger partial charge in [-0.1, -0.05) is 6.07 Å². The van der Waals surface area contributed by atoms with Crippen LogP contribution in [0.4, 0.5) is 17.6 Å². The molecule has 0 aromatic heterocycles. The van der Waals surface area contributed by atoms with Gasteiger partial charge >= 0.3 is 6.18 Å². The van der Waals surface area contributed by atoms with Crippen LogP contribution in [0.15, 0.2) is 39.9 Å². The van der Waals surface area contributed by atoms with Crippen LogP contribution >= 0.6 is 11.8 Å². The van der Waals surface area contributed by atoms with Crippen LogP contribution in [0.5, 0.6) is 0 Å². The van der Waals surface area contributed by atoms with Crippen molar-refractivity contribution in [1.82, 2.24) is 25.1 Å². The molecule has 4 fully saturated rings. The van der Waals surface area contributed by atoms with Crippen molar-refractivity contribution >= 4 is 23.9 Å². The van der Waals surface area contributed by atoms with E-state index in [2.05, 4.69) is 20.2 Å². The molecule has 8 nitrogen and oxygen atoms in total. The third kappa shape index (κ3) is 8.08. The Kier molecular flexibility index (Phi) is 10.9. The minimum Gasteiger partial charge on any atom is -0.390 e. The number of carbonyl (C=O) groups excluding carboxylic acids is 1. The molecule has 3 atom stereocenters. The van der Waals surface area contributed by atoms with Gasteiger partial charge in [-0.25, -0.2) is 9.82 Å². The minimum absolute atomic E-state index is 0.0684. The normalized spacial score (nSPS) is 26.1. The number of hydrogen-bond acceptors (Lipinski definition) is 8. The number of piperidine rings is 2. The monoisotopic (exact) mass is 666 g/mol. The molecule has 2 unspecified atom stereocenters. The molecule has 5 aliphatic rings.